The quantitative estimate of drug-likeness (QED) is 0.154. The maximum absolute atomic E-state index is 2.66. The lowest BCUT2D eigenvalue weighted by atomic mass is 9.33. The molecule has 2 aliphatic rings. The van der Waals surface area contributed by atoms with E-state index in [0.717, 1.165) is 0 Å². The van der Waals surface area contributed by atoms with Gasteiger partial charge < -0.3 is 9.80 Å². The average Bonchev–Trinajstić information content (AvgIpc) is 3.35. The molecule has 0 atom stereocenters. The number of nitrogens with zero attached hydrogens (tertiary/aromatic N) is 2. The van der Waals surface area contributed by atoms with Crippen LogP contribution in [-0.2, 0) is 16.2 Å². The molecular formula is C66H61BN2. The van der Waals surface area contributed by atoms with Crippen molar-refractivity contribution in [1.29, 1.82) is 0 Å². The molecule has 2 heterocycles. The summed E-state index contributed by atoms with van der Waals surface area (Å²) in [5.74, 6) is 0. The minimum absolute atomic E-state index is 0.0563. The first kappa shape index (κ1) is 44.2. The van der Waals surface area contributed by atoms with E-state index in [1.54, 1.807) is 0 Å². The molecule has 0 bridgehead atoms. The summed E-state index contributed by atoms with van der Waals surface area (Å²) in [7, 11) is 0. The molecular weight excluding hydrogens is 832 g/mol. The Morgan fingerprint density at radius 2 is 0.594 bits per heavy atom. The number of para-hydroxylation sites is 2. The van der Waals surface area contributed by atoms with Gasteiger partial charge in [0, 0.05) is 45.0 Å². The third-order valence-electron chi connectivity index (χ3n) is 14.5. The van der Waals surface area contributed by atoms with Crippen molar-refractivity contribution < 1.29 is 0 Å². The molecule has 2 aliphatic heterocycles. The van der Waals surface area contributed by atoms with Crippen LogP contribution < -0.4 is 26.2 Å². The zero-order valence-electron chi connectivity index (χ0n) is 41.6. The van der Waals surface area contributed by atoms with Crippen LogP contribution in [0, 0.1) is 0 Å². The van der Waals surface area contributed by atoms with Gasteiger partial charge in [0.25, 0.3) is 6.71 Å². The maximum atomic E-state index is 2.66. The molecule has 0 saturated heterocycles. The zero-order chi connectivity index (χ0) is 47.8. The van der Waals surface area contributed by atoms with E-state index in [1.165, 1.54) is 112 Å². The Hall–Kier alpha value is -7.36. The number of anilines is 6. The molecule has 9 aromatic rings. The van der Waals surface area contributed by atoms with E-state index in [1.807, 2.05) is 0 Å². The minimum atomic E-state index is -0.187. The average molecular weight is 893 g/mol. The monoisotopic (exact) mass is 892 g/mol. The van der Waals surface area contributed by atoms with Gasteiger partial charge in [-0.05, 0) is 95.8 Å². The number of benzene rings is 9. The smallest absolute Gasteiger partial charge is 0.252 e. The maximum Gasteiger partial charge on any atom is 0.252 e. The van der Waals surface area contributed by atoms with E-state index in [0.29, 0.717) is 0 Å². The summed E-state index contributed by atoms with van der Waals surface area (Å²) < 4.78 is 0. The zero-order valence-corrected chi connectivity index (χ0v) is 41.6. The van der Waals surface area contributed by atoms with Crippen LogP contribution in [0.3, 0.4) is 0 Å². The lowest BCUT2D eigenvalue weighted by Gasteiger charge is -2.47. The van der Waals surface area contributed by atoms with Crippen LogP contribution in [0.4, 0.5) is 34.1 Å². The topological polar surface area (TPSA) is 6.48 Å². The van der Waals surface area contributed by atoms with Crippen LogP contribution in [0.25, 0.3) is 44.5 Å². The number of hydrogen-bond donors (Lipinski definition) is 0. The minimum Gasteiger partial charge on any atom is -0.310 e. The van der Waals surface area contributed by atoms with Crippen molar-refractivity contribution in [2.45, 2.75) is 78.6 Å². The van der Waals surface area contributed by atoms with Crippen molar-refractivity contribution in [2.24, 2.45) is 0 Å². The lowest BCUT2D eigenvalue weighted by molar-refractivity contribution is 0.590. The van der Waals surface area contributed by atoms with E-state index < -0.39 is 0 Å². The van der Waals surface area contributed by atoms with Crippen LogP contribution in [0.1, 0.15) is 79.0 Å². The molecule has 9 aromatic carbocycles. The van der Waals surface area contributed by atoms with E-state index in [-0.39, 0.29) is 23.0 Å². The predicted octanol–water partition coefficient (Wildman–Crippen LogP) is 16.3. The highest BCUT2D eigenvalue weighted by Gasteiger charge is 2.46. The second kappa shape index (κ2) is 16.7. The third-order valence-corrected chi connectivity index (χ3v) is 14.5. The van der Waals surface area contributed by atoms with Crippen LogP contribution >= 0.6 is 0 Å². The third kappa shape index (κ3) is 7.69. The standard InChI is InChI=1S/C66H61BN2/c1-64(2,3)48-36-38-57-55(40-48)67-56-41-49(65(4,5)6)37-39-58(56)69(63-53(46-28-18-12-19-29-46)34-23-35-54(63)47-30-20-13-21-31-47)60-43-50(66(7,8)9)42-59(61(60)67)68(57)62-51(44-24-14-10-15-25-44)32-22-33-52(62)45-26-16-11-17-27-45/h10-43H,1-9H3. The molecule has 3 heteroatoms. The summed E-state index contributed by atoms with van der Waals surface area (Å²) in [5.41, 5.74) is 24.3. The molecule has 0 aromatic heterocycles. The van der Waals surface area contributed by atoms with E-state index >= 15 is 0 Å². The normalized spacial score (nSPS) is 13.2. The predicted molar refractivity (Wildman–Crippen MR) is 298 cm³/mol. The van der Waals surface area contributed by atoms with Gasteiger partial charge in [0.15, 0.2) is 0 Å². The molecule has 0 N–H and O–H groups in total. The lowest BCUT2D eigenvalue weighted by Crippen LogP contribution is -2.62. The van der Waals surface area contributed by atoms with Gasteiger partial charge in [0.2, 0.25) is 0 Å². The van der Waals surface area contributed by atoms with Crippen molar-refractivity contribution in [2.75, 3.05) is 9.80 Å². The van der Waals surface area contributed by atoms with Crippen LogP contribution in [0.15, 0.2) is 206 Å². The van der Waals surface area contributed by atoms with E-state index in [4.69, 9.17) is 0 Å². The molecule has 0 fully saturated rings. The molecule has 0 spiro atoms. The Balaban J connectivity index is 1.34. The number of fused-ring (bicyclic) bond motifs is 4. The highest BCUT2D eigenvalue weighted by molar-refractivity contribution is 7.00. The highest BCUT2D eigenvalue weighted by Crippen LogP contribution is 2.53. The van der Waals surface area contributed by atoms with Gasteiger partial charge in [-0.15, -0.1) is 0 Å². The second-order valence-electron chi connectivity index (χ2n) is 22.2. The van der Waals surface area contributed by atoms with E-state index in [9.17, 15) is 0 Å². The molecule has 0 radical (unpaired) electrons. The van der Waals surface area contributed by atoms with Crippen molar-refractivity contribution >= 4 is 57.2 Å². The van der Waals surface area contributed by atoms with Gasteiger partial charge in [0.1, 0.15) is 0 Å². The van der Waals surface area contributed by atoms with Crippen LogP contribution in [0.5, 0.6) is 0 Å². The molecule has 11 rings (SSSR count). The Morgan fingerprint density at radius 3 is 0.884 bits per heavy atom. The Morgan fingerprint density at radius 1 is 0.290 bits per heavy atom. The molecule has 69 heavy (non-hydrogen) atoms. The van der Waals surface area contributed by atoms with Crippen LogP contribution in [-0.4, -0.2) is 6.71 Å². The largest absolute Gasteiger partial charge is 0.310 e. The first-order chi connectivity index (χ1) is 33.2. The second-order valence-corrected chi connectivity index (χ2v) is 22.2. The van der Waals surface area contributed by atoms with Crippen molar-refractivity contribution in [3.05, 3.63) is 223 Å². The fourth-order valence-corrected chi connectivity index (χ4v) is 10.8. The SMILES string of the molecule is CC(C)(C)c1ccc2c(c1)B1c3cc(C(C)(C)C)ccc3N(c3c(-c4ccccc4)cccc3-c3ccccc3)c3cc(C(C)(C)C)cc(c31)N2c1c(-c2ccccc2)cccc1-c1ccccc1. The Labute approximate surface area is 411 Å². The molecule has 0 aliphatic carbocycles. The van der Waals surface area contributed by atoms with Gasteiger partial charge in [-0.1, -0.05) is 244 Å². The van der Waals surface area contributed by atoms with Gasteiger partial charge in [-0.3, -0.25) is 0 Å². The molecule has 2 nitrogen and oxygen atoms in total. The summed E-state index contributed by atoms with van der Waals surface area (Å²) in [5, 5.41) is 0. The Kier molecular flexibility index (Phi) is 10.7. The summed E-state index contributed by atoms with van der Waals surface area (Å²) in [6, 6.07) is 77.6. The highest BCUT2D eigenvalue weighted by atomic mass is 15.2. The van der Waals surface area contributed by atoms with Crippen molar-refractivity contribution in [1.82, 2.24) is 0 Å². The molecule has 0 saturated carbocycles. The fourth-order valence-electron chi connectivity index (χ4n) is 10.8. The molecule has 338 valence electrons. The number of hydrogen-bond acceptors (Lipinski definition) is 2. The van der Waals surface area contributed by atoms with Gasteiger partial charge >= 0.3 is 0 Å². The van der Waals surface area contributed by atoms with Crippen LogP contribution in [0.2, 0.25) is 0 Å². The molecule has 0 amide bonds. The van der Waals surface area contributed by atoms with Crippen molar-refractivity contribution in [3.8, 4) is 44.5 Å². The first-order valence-electron chi connectivity index (χ1n) is 24.7. The summed E-state index contributed by atoms with van der Waals surface area (Å²) >= 11 is 0. The van der Waals surface area contributed by atoms with Crippen molar-refractivity contribution in [3.63, 3.8) is 0 Å². The summed E-state index contributed by atoms with van der Waals surface area (Å²) in [6.07, 6.45) is 0. The Bertz CT molecular complexity index is 3040. The van der Waals surface area contributed by atoms with Gasteiger partial charge in [-0.25, -0.2) is 0 Å². The summed E-state index contributed by atoms with van der Waals surface area (Å²) in [6.45, 7) is 21.1. The summed E-state index contributed by atoms with van der Waals surface area (Å²) in [4.78, 5) is 5.32. The van der Waals surface area contributed by atoms with Gasteiger partial charge in [0.05, 0.1) is 11.4 Å². The molecule has 0 unspecified atom stereocenters. The fraction of sp³-hybridized carbons (Fsp3) is 0.182. The van der Waals surface area contributed by atoms with Gasteiger partial charge in [-0.2, -0.15) is 0 Å². The van der Waals surface area contributed by atoms with E-state index in [2.05, 4.69) is 278 Å². The number of rotatable bonds is 6. The first-order valence-corrected chi connectivity index (χ1v) is 24.7.